The fourth-order valence-corrected chi connectivity index (χ4v) is 2.58. The molecule has 0 radical (unpaired) electrons. The molecule has 138 valence electrons. The number of rotatable bonds is 7. The third kappa shape index (κ3) is 5.31. The van der Waals surface area contributed by atoms with Crippen molar-refractivity contribution >= 4 is 23.2 Å². The van der Waals surface area contributed by atoms with Gasteiger partial charge in [-0.1, -0.05) is 18.2 Å². The second-order valence-corrected chi connectivity index (χ2v) is 6.20. The van der Waals surface area contributed by atoms with E-state index >= 15 is 0 Å². The highest BCUT2D eigenvalue weighted by Gasteiger charge is 2.13. The predicted octanol–water partition coefficient (Wildman–Crippen LogP) is 2.60. The molecule has 0 fully saturated rings. The summed E-state index contributed by atoms with van der Waals surface area (Å²) in [7, 11) is 3.89. The first-order chi connectivity index (χ1) is 12.4. The first-order valence-electron chi connectivity index (χ1n) is 8.44. The van der Waals surface area contributed by atoms with Crippen LogP contribution in [0, 0.1) is 5.82 Å². The molecule has 0 aliphatic rings. The van der Waals surface area contributed by atoms with Crippen LogP contribution >= 0.6 is 0 Å². The molecule has 5 nitrogen and oxygen atoms in total. The number of anilines is 2. The Morgan fingerprint density at radius 1 is 1.00 bits per heavy atom. The molecule has 2 aromatic carbocycles. The summed E-state index contributed by atoms with van der Waals surface area (Å²) in [6, 6.07) is 13.8. The molecule has 0 aromatic heterocycles. The van der Waals surface area contributed by atoms with Gasteiger partial charge in [0, 0.05) is 45.5 Å². The lowest BCUT2D eigenvalue weighted by molar-refractivity contribution is -0.121. The Balaban J connectivity index is 1.91. The van der Waals surface area contributed by atoms with Crippen LogP contribution in [-0.2, 0) is 16.0 Å². The maximum Gasteiger partial charge on any atom is 0.224 e. The Morgan fingerprint density at radius 2 is 1.62 bits per heavy atom. The number of amides is 2. The van der Waals surface area contributed by atoms with Crippen molar-refractivity contribution in [2.45, 2.75) is 13.3 Å². The summed E-state index contributed by atoms with van der Waals surface area (Å²) in [5.74, 6) is -0.776. The van der Waals surface area contributed by atoms with Gasteiger partial charge in [0.2, 0.25) is 11.8 Å². The summed E-state index contributed by atoms with van der Waals surface area (Å²) in [6.45, 7) is 2.13. The third-order valence-corrected chi connectivity index (χ3v) is 4.02. The lowest BCUT2D eigenvalue weighted by Gasteiger charge is -2.22. The van der Waals surface area contributed by atoms with Crippen molar-refractivity contribution < 1.29 is 14.0 Å². The first-order valence-corrected chi connectivity index (χ1v) is 8.44. The van der Waals surface area contributed by atoms with Gasteiger partial charge in [0.25, 0.3) is 0 Å². The van der Waals surface area contributed by atoms with Gasteiger partial charge >= 0.3 is 0 Å². The van der Waals surface area contributed by atoms with E-state index in [9.17, 15) is 14.0 Å². The van der Waals surface area contributed by atoms with Crippen LogP contribution in [-0.4, -0.2) is 39.0 Å². The lowest BCUT2D eigenvalue weighted by atomic mass is 10.1. The average Bonchev–Trinajstić information content (AvgIpc) is 2.60. The van der Waals surface area contributed by atoms with Gasteiger partial charge in [0.15, 0.2) is 0 Å². The van der Waals surface area contributed by atoms with Gasteiger partial charge in [-0.25, -0.2) is 4.39 Å². The molecule has 0 aliphatic heterocycles. The number of nitrogens with zero attached hydrogens (tertiary/aromatic N) is 2. The number of benzene rings is 2. The van der Waals surface area contributed by atoms with E-state index in [1.807, 2.05) is 43.3 Å². The summed E-state index contributed by atoms with van der Waals surface area (Å²) in [5, 5.41) is 2.74. The van der Waals surface area contributed by atoms with Gasteiger partial charge in [-0.15, -0.1) is 0 Å². The Hall–Kier alpha value is -2.89. The van der Waals surface area contributed by atoms with Crippen molar-refractivity contribution in [2.24, 2.45) is 0 Å². The van der Waals surface area contributed by atoms with E-state index in [2.05, 4.69) is 5.32 Å². The number of nitrogens with one attached hydrogen (secondary N) is 1. The van der Waals surface area contributed by atoms with Gasteiger partial charge in [0.1, 0.15) is 5.82 Å². The summed E-state index contributed by atoms with van der Waals surface area (Å²) >= 11 is 0. The molecule has 2 rings (SSSR count). The van der Waals surface area contributed by atoms with Crippen LogP contribution in [0.25, 0.3) is 0 Å². The SMILES string of the molecule is CC(=O)N(CCNC(=O)Cc1ccccc1F)c1ccc(N(C)C)cc1. The topological polar surface area (TPSA) is 52.7 Å². The zero-order valence-electron chi connectivity index (χ0n) is 15.3. The standard InChI is InChI=1S/C20H24FN3O2/c1-15(25)24(18-10-8-17(9-11-18)23(2)3)13-12-22-20(26)14-16-6-4-5-7-19(16)21/h4-11H,12-14H2,1-3H3,(H,22,26). The summed E-state index contributed by atoms with van der Waals surface area (Å²) in [6.07, 6.45) is -0.0235. The van der Waals surface area contributed by atoms with Gasteiger partial charge in [-0.2, -0.15) is 0 Å². The minimum atomic E-state index is -0.394. The molecule has 0 saturated carbocycles. The molecule has 0 heterocycles. The Morgan fingerprint density at radius 3 is 2.19 bits per heavy atom. The molecular weight excluding hydrogens is 333 g/mol. The molecule has 2 amide bonds. The minimum absolute atomic E-state index is 0.0235. The molecule has 26 heavy (non-hydrogen) atoms. The second kappa shape index (κ2) is 8.99. The van der Waals surface area contributed by atoms with Crippen molar-refractivity contribution in [3.63, 3.8) is 0 Å². The van der Waals surface area contributed by atoms with Crippen LogP contribution in [0.3, 0.4) is 0 Å². The highest BCUT2D eigenvalue weighted by Crippen LogP contribution is 2.19. The van der Waals surface area contributed by atoms with E-state index in [1.54, 1.807) is 23.1 Å². The Kier molecular flexibility index (Phi) is 6.72. The molecule has 0 bridgehead atoms. The fraction of sp³-hybridized carbons (Fsp3) is 0.300. The molecule has 1 N–H and O–H groups in total. The van der Waals surface area contributed by atoms with Gasteiger partial charge in [-0.05, 0) is 35.9 Å². The second-order valence-electron chi connectivity index (χ2n) is 6.20. The fourth-order valence-electron chi connectivity index (χ4n) is 2.58. The number of carbonyl (C=O) groups excluding carboxylic acids is 2. The van der Waals surface area contributed by atoms with Crippen molar-refractivity contribution in [1.29, 1.82) is 0 Å². The molecule has 0 aliphatic carbocycles. The van der Waals surface area contributed by atoms with Crippen molar-refractivity contribution in [1.82, 2.24) is 5.32 Å². The van der Waals surface area contributed by atoms with Crippen LogP contribution < -0.4 is 15.1 Å². The predicted molar refractivity (Wildman–Crippen MR) is 102 cm³/mol. The van der Waals surface area contributed by atoms with E-state index in [4.69, 9.17) is 0 Å². The molecule has 0 atom stereocenters. The first kappa shape index (κ1) is 19.4. The lowest BCUT2D eigenvalue weighted by Crippen LogP contribution is -2.38. The van der Waals surface area contributed by atoms with E-state index < -0.39 is 5.82 Å². The number of halogens is 1. The Labute approximate surface area is 153 Å². The minimum Gasteiger partial charge on any atom is -0.378 e. The van der Waals surface area contributed by atoms with E-state index in [0.717, 1.165) is 11.4 Å². The highest BCUT2D eigenvalue weighted by atomic mass is 19.1. The molecular formula is C20H24FN3O2. The van der Waals surface area contributed by atoms with Gasteiger partial charge < -0.3 is 15.1 Å². The van der Waals surface area contributed by atoms with Crippen LogP contribution in [0.4, 0.5) is 15.8 Å². The maximum absolute atomic E-state index is 13.6. The molecule has 0 unspecified atom stereocenters. The molecule has 0 saturated heterocycles. The van der Waals surface area contributed by atoms with E-state index in [-0.39, 0.29) is 18.2 Å². The number of carbonyl (C=O) groups is 2. The highest BCUT2D eigenvalue weighted by molar-refractivity contribution is 5.91. The molecule has 2 aromatic rings. The van der Waals surface area contributed by atoms with E-state index in [0.29, 0.717) is 18.7 Å². The van der Waals surface area contributed by atoms with Crippen LogP contribution in [0.15, 0.2) is 48.5 Å². The van der Waals surface area contributed by atoms with Crippen LogP contribution in [0.2, 0.25) is 0 Å². The zero-order chi connectivity index (χ0) is 19.1. The quantitative estimate of drug-likeness (QED) is 0.829. The normalized spacial score (nSPS) is 10.3. The maximum atomic E-state index is 13.6. The third-order valence-electron chi connectivity index (χ3n) is 4.02. The molecule has 6 heteroatoms. The van der Waals surface area contributed by atoms with Crippen molar-refractivity contribution in [2.75, 3.05) is 37.0 Å². The largest absolute Gasteiger partial charge is 0.378 e. The number of hydrogen-bond acceptors (Lipinski definition) is 3. The smallest absolute Gasteiger partial charge is 0.224 e. The van der Waals surface area contributed by atoms with Gasteiger partial charge in [0.05, 0.1) is 6.42 Å². The Bertz CT molecular complexity index is 760. The van der Waals surface area contributed by atoms with Crippen LogP contribution in [0.1, 0.15) is 12.5 Å². The zero-order valence-corrected chi connectivity index (χ0v) is 15.3. The average molecular weight is 357 g/mol. The monoisotopic (exact) mass is 357 g/mol. The molecule has 0 spiro atoms. The van der Waals surface area contributed by atoms with Crippen molar-refractivity contribution in [3.8, 4) is 0 Å². The van der Waals surface area contributed by atoms with E-state index in [1.165, 1.54) is 13.0 Å². The number of hydrogen-bond donors (Lipinski definition) is 1. The summed E-state index contributed by atoms with van der Waals surface area (Å²) < 4.78 is 13.6. The summed E-state index contributed by atoms with van der Waals surface area (Å²) in [5.41, 5.74) is 2.16. The van der Waals surface area contributed by atoms with Crippen molar-refractivity contribution in [3.05, 3.63) is 59.9 Å². The summed E-state index contributed by atoms with van der Waals surface area (Å²) in [4.78, 5) is 27.5. The van der Waals surface area contributed by atoms with Crippen LogP contribution in [0.5, 0.6) is 0 Å². The van der Waals surface area contributed by atoms with Gasteiger partial charge in [-0.3, -0.25) is 9.59 Å².